The molecule has 4 aromatic rings. The quantitative estimate of drug-likeness (QED) is 0.125. The molecule has 0 bridgehead atoms. The first-order chi connectivity index (χ1) is 22.8. The molecule has 0 aliphatic carbocycles. The number of thioether (sulfide) groups is 1. The second-order valence-corrected chi connectivity index (χ2v) is 12.5. The highest BCUT2D eigenvalue weighted by atomic mass is 32.2. The molecule has 1 amide bonds. The number of carboxylic acid groups (broad SMARTS) is 1. The number of thiocarbonyl (C=S) groups is 1. The van der Waals surface area contributed by atoms with Gasteiger partial charge >= 0.3 is 5.97 Å². The van der Waals surface area contributed by atoms with Gasteiger partial charge in [0.1, 0.15) is 27.9 Å². The van der Waals surface area contributed by atoms with Crippen molar-refractivity contribution in [2.24, 2.45) is 0 Å². The molecule has 2 aliphatic heterocycles. The molecule has 2 aliphatic rings. The van der Waals surface area contributed by atoms with Crippen molar-refractivity contribution in [2.75, 3.05) is 58.3 Å². The number of anilines is 1. The summed E-state index contributed by atoms with van der Waals surface area (Å²) in [5.41, 5.74) is 9.66. The Balaban J connectivity index is 1.16. The summed E-state index contributed by atoms with van der Waals surface area (Å²) in [5.74, 6) is 0.240. The molecular weight excluding hydrogens is 641 g/mol. The number of carboxylic acids is 1. The van der Waals surface area contributed by atoms with Crippen LogP contribution in [0.5, 0.6) is 11.5 Å². The van der Waals surface area contributed by atoms with Crippen molar-refractivity contribution < 1.29 is 28.9 Å². The van der Waals surface area contributed by atoms with Crippen LogP contribution in [-0.4, -0.2) is 98.7 Å². The number of hydrogen-bond acceptors (Lipinski definition) is 12. The second kappa shape index (κ2) is 14.9. The predicted octanol–water partition coefficient (Wildman–Crippen LogP) is 4.35. The minimum atomic E-state index is -0.995. The maximum Gasteiger partial charge on any atom is 0.335 e. The van der Waals surface area contributed by atoms with Crippen molar-refractivity contribution in [2.45, 2.75) is 6.42 Å². The van der Waals surface area contributed by atoms with E-state index in [2.05, 4.69) is 19.9 Å². The molecule has 14 heteroatoms. The Hall–Kier alpha value is -4.63. The molecule has 47 heavy (non-hydrogen) atoms. The number of nitrogens with two attached hydrogens (primary N) is 1. The highest BCUT2D eigenvalue weighted by Crippen LogP contribution is 2.36. The molecule has 6 rings (SSSR count). The first-order valence-corrected chi connectivity index (χ1v) is 16.2. The molecule has 2 aromatic heterocycles. The molecule has 2 fully saturated rings. The average molecular weight is 673 g/mol. The van der Waals surface area contributed by atoms with E-state index < -0.39 is 5.97 Å². The van der Waals surface area contributed by atoms with Crippen molar-refractivity contribution in [3.63, 3.8) is 0 Å². The van der Waals surface area contributed by atoms with Gasteiger partial charge in [0, 0.05) is 43.5 Å². The molecule has 3 N–H and O–H groups in total. The third-order valence-electron chi connectivity index (χ3n) is 7.60. The number of morpholine rings is 1. The van der Waals surface area contributed by atoms with E-state index in [0.29, 0.717) is 57.9 Å². The van der Waals surface area contributed by atoms with Gasteiger partial charge in [-0.25, -0.2) is 14.8 Å². The van der Waals surface area contributed by atoms with Crippen LogP contribution in [0, 0.1) is 0 Å². The van der Waals surface area contributed by atoms with E-state index >= 15 is 0 Å². The fourth-order valence-electron chi connectivity index (χ4n) is 5.13. The highest BCUT2D eigenvalue weighted by molar-refractivity contribution is 8.26. The average Bonchev–Trinajstić information content (AvgIpc) is 3.34. The van der Waals surface area contributed by atoms with Gasteiger partial charge in [0.15, 0.2) is 0 Å². The molecule has 0 radical (unpaired) electrons. The van der Waals surface area contributed by atoms with Gasteiger partial charge in [-0.05, 0) is 60.5 Å². The standard InChI is InChI=1S/C33H32N6O6S2/c34-32-36-20-27-26(37-32)18-23(19-35-27)25-16-21(2-7-28(25)45-15-11-38-9-13-43-14-10-38)17-29-30(40)39(33(46)47-29)8-1-12-44-24-5-3-22(4-6-24)31(41)42/h2-7,16-20H,1,8-15H2,(H,41,42)(H2,34,36,37). The van der Waals surface area contributed by atoms with Crippen LogP contribution in [0.4, 0.5) is 5.95 Å². The molecule has 0 spiro atoms. The van der Waals surface area contributed by atoms with Gasteiger partial charge in [-0.3, -0.25) is 19.6 Å². The molecule has 2 aromatic carbocycles. The van der Waals surface area contributed by atoms with Crippen LogP contribution in [0.25, 0.3) is 28.2 Å². The number of carbonyl (C=O) groups is 2. The van der Waals surface area contributed by atoms with E-state index in [-0.39, 0.29) is 17.4 Å². The van der Waals surface area contributed by atoms with E-state index in [1.165, 1.54) is 23.9 Å². The number of nitrogen functional groups attached to an aromatic ring is 1. The number of carbonyl (C=O) groups excluding carboxylic acids is 1. The maximum atomic E-state index is 13.4. The second-order valence-electron chi connectivity index (χ2n) is 10.8. The molecule has 0 atom stereocenters. The van der Waals surface area contributed by atoms with E-state index in [0.717, 1.165) is 49.5 Å². The predicted molar refractivity (Wildman–Crippen MR) is 183 cm³/mol. The number of pyridine rings is 1. The zero-order valence-corrected chi connectivity index (χ0v) is 27.0. The van der Waals surface area contributed by atoms with E-state index in [1.54, 1.807) is 29.4 Å². The minimum Gasteiger partial charge on any atom is -0.494 e. The first-order valence-electron chi connectivity index (χ1n) is 15.0. The number of rotatable bonds is 12. The van der Waals surface area contributed by atoms with Crippen LogP contribution >= 0.6 is 24.0 Å². The molecular formula is C33H32N6O6S2. The van der Waals surface area contributed by atoms with Crippen LogP contribution in [0.15, 0.2) is 65.8 Å². The summed E-state index contributed by atoms with van der Waals surface area (Å²) in [4.78, 5) is 41.7. The van der Waals surface area contributed by atoms with Crippen molar-refractivity contribution in [3.05, 3.63) is 77.0 Å². The summed E-state index contributed by atoms with van der Waals surface area (Å²) in [7, 11) is 0. The largest absolute Gasteiger partial charge is 0.494 e. The van der Waals surface area contributed by atoms with Gasteiger partial charge < -0.3 is 25.1 Å². The number of aromatic nitrogens is 3. The highest BCUT2D eigenvalue weighted by Gasteiger charge is 2.31. The molecule has 0 saturated carbocycles. The van der Waals surface area contributed by atoms with Gasteiger partial charge in [-0.1, -0.05) is 30.0 Å². The summed E-state index contributed by atoms with van der Waals surface area (Å²) >= 11 is 6.80. The SMILES string of the molecule is Nc1ncc2ncc(-c3cc(C=C4SC(=S)N(CCCOc5ccc(C(=O)O)cc5)C4=O)ccc3OCCN3CCOCC3)cc2n1. The summed E-state index contributed by atoms with van der Waals surface area (Å²) in [6, 6.07) is 13.9. The Labute approximate surface area is 280 Å². The smallest absolute Gasteiger partial charge is 0.335 e. The van der Waals surface area contributed by atoms with Crippen molar-refractivity contribution in [1.82, 2.24) is 24.8 Å². The third-order valence-corrected chi connectivity index (χ3v) is 8.98. The van der Waals surface area contributed by atoms with E-state index in [4.69, 9.17) is 37.3 Å². The number of nitrogens with zero attached hydrogens (tertiary/aromatic N) is 5. The molecule has 4 heterocycles. The summed E-state index contributed by atoms with van der Waals surface area (Å²) in [5, 5.41) is 9.05. The topological polar surface area (TPSA) is 153 Å². The van der Waals surface area contributed by atoms with Gasteiger partial charge in [-0.15, -0.1) is 0 Å². The number of fused-ring (bicyclic) bond motifs is 1. The minimum absolute atomic E-state index is 0.162. The van der Waals surface area contributed by atoms with Crippen LogP contribution in [0.2, 0.25) is 0 Å². The number of aromatic carboxylic acids is 1. The molecule has 242 valence electrons. The summed E-state index contributed by atoms with van der Waals surface area (Å²) < 4.78 is 17.9. The number of hydrogen-bond donors (Lipinski definition) is 2. The fraction of sp³-hybridized carbons (Fsp3) is 0.273. The number of ether oxygens (including phenoxy) is 3. The Morgan fingerprint density at radius 1 is 1.02 bits per heavy atom. The zero-order chi connectivity index (χ0) is 32.8. The van der Waals surface area contributed by atoms with E-state index in [9.17, 15) is 9.59 Å². The Morgan fingerprint density at radius 2 is 1.83 bits per heavy atom. The Bertz CT molecular complexity index is 1830. The normalized spacial score (nSPS) is 16.3. The molecule has 12 nitrogen and oxygen atoms in total. The van der Waals surface area contributed by atoms with Crippen LogP contribution in [0.3, 0.4) is 0 Å². The van der Waals surface area contributed by atoms with Crippen molar-refractivity contribution in [1.29, 1.82) is 0 Å². The zero-order valence-electron chi connectivity index (χ0n) is 25.3. The molecule has 0 unspecified atom stereocenters. The lowest BCUT2D eigenvalue weighted by Crippen LogP contribution is -2.38. The van der Waals surface area contributed by atoms with Crippen LogP contribution < -0.4 is 15.2 Å². The van der Waals surface area contributed by atoms with Gasteiger partial charge in [0.05, 0.1) is 42.0 Å². The third kappa shape index (κ3) is 8.03. The lowest BCUT2D eigenvalue weighted by molar-refractivity contribution is -0.122. The number of amides is 1. The fourth-order valence-corrected chi connectivity index (χ4v) is 6.44. The lowest BCUT2D eigenvalue weighted by atomic mass is 10.0. The van der Waals surface area contributed by atoms with E-state index in [1.807, 2.05) is 30.3 Å². The number of benzene rings is 2. The molecule has 2 saturated heterocycles. The Morgan fingerprint density at radius 3 is 2.62 bits per heavy atom. The monoisotopic (exact) mass is 672 g/mol. The van der Waals surface area contributed by atoms with Gasteiger partial charge in [-0.2, -0.15) is 0 Å². The van der Waals surface area contributed by atoms with Crippen LogP contribution in [0.1, 0.15) is 22.3 Å². The van der Waals surface area contributed by atoms with Crippen molar-refractivity contribution >= 4 is 63.2 Å². The summed E-state index contributed by atoms with van der Waals surface area (Å²) in [6.07, 6.45) is 5.71. The lowest BCUT2D eigenvalue weighted by Gasteiger charge is -2.26. The van der Waals surface area contributed by atoms with Gasteiger partial charge in [0.25, 0.3) is 5.91 Å². The maximum absolute atomic E-state index is 13.4. The first kappa shape index (κ1) is 32.3. The summed E-state index contributed by atoms with van der Waals surface area (Å²) in [6.45, 7) is 5.19. The van der Waals surface area contributed by atoms with Crippen LogP contribution in [-0.2, 0) is 9.53 Å². The van der Waals surface area contributed by atoms with Crippen molar-refractivity contribution in [3.8, 4) is 22.6 Å². The van der Waals surface area contributed by atoms with Gasteiger partial charge in [0.2, 0.25) is 5.95 Å². The Kier molecular flexibility index (Phi) is 10.2.